The summed E-state index contributed by atoms with van der Waals surface area (Å²) in [5.41, 5.74) is 5.94. The first-order chi connectivity index (χ1) is 8.79. The molecule has 0 bridgehead atoms. The van der Waals surface area contributed by atoms with Crippen LogP contribution in [0.1, 0.15) is 52.9 Å². The zero-order chi connectivity index (χ0) is 14.7. The molecule has 1 aliphatic rings. The molecule has 0 aromatic carbocycles. The number of nitrogens with zero attached hydrogens (tertiary/aromatic N) is 1. The standard InChI is InChI=1S/C14H27F3N2/c1-4-11(18)12(14(15,16)17)19-9-7-13(5-2,6-3)8-10-19/h11-12H,4-10,18H2,1-3H3. The molecular weight excluding hydrogens is 253 g/mol. The summed E-state index contributed by atoms with van der Waals surface area (Å²) < 4.78 is 39.5. The lowest BCUT2D eigenvalue weighted by molar-refractivity contribution is -0.195. The van der Waals surface area contributed by atoms with Gasteiger partial charge >= 0.3 is 6.18 Å². The molecule has 114 valence electrons. The molecule has 2 N–H and O–H groups in total. The van der Waals surface area contributed by atoms with Crippen molar-refractivity contribution in [3.8, 4) is 0 Å². The Morgan fingerprint density at radius 3 is 1.89 bits per heavy atom. The zero-order valence-corrected chi connectivity index (χ0v) is 12.3. The molecule has 0 aliphatic carbocycles. The summed E-state index contributed by atoms with van der Waals surface area (Å²) in [6.07, 6.45) is -0.0744. The topological polar surface area (TPSA) is 29.3 Å². The Balaban J connectivity index is 2.75. The average molecular weight is 280 g/mol. The second-order valence-corrected chi connectivity index (χ2v) is 5.80. The van der Waals surface area contributed by atoms with Gasteiger partial charge in [-0.15, -0.1) is 0 Å². The molecule has 1 aliphatic heterocycles. The van der Waals surface area contributed by atoms with Gasteiger partial charge in [-0.2, -0.15) is 13.2 Å². The average Bonchev–Trinajstić information content (AvgIpc) is 2.38. The van der Waals surface area contributed by atoms with E-state index in [1.54, 1.807) is 11.8 Å². The minimum atomic E-state index is -4.23. The summed E-state index contributed by atoms with van der Waals surface area (Å²) in [5, 5.41) is 0. The third-order valence-electron chi connectivity index (χ3n) is 4.96. The van der Waals surface area contributed by atoms with Crippen molar-refractivity contribution < 1.29 is 13.2 Å². The summed E-state index contributed by atoms with van der Waals surface area (Å²) in [5.74, 6) is 0. The quantitative estimate of drug-likeness (QED) is 0.834. The van der Waals surface area contributed by atoms with Crippen LogP contribution in [-0.2, 0) is 0 Å². The van der Waals surface area contributed by atoms with E-state index < -0.39 is 18.3 Å². The van der Waals surface area contributed by atoms with Crippen LogP contribution in [0.5, 0.6) is 0 Å². The van der Waals surface area contributed by atoms with E-state index in [1.165, 1.54) is 0 Å². The fourth-order valence-corrected chi connectivity index (χ4v) is 3.18. The van der Waals surface area contributed by atoms with Crippen LogP contribution in [0.2, 0.25) is 0 Å². The molecule has 5 heteroatoms. The van der Waals surface area contributed by atoms with E-state index in [9.17, 15) is 13.2 Å². The van der Waals surface area contributed by atoms with Crippen LogP contribution in [0.3, 0.4) is 0 Å². The van der Waals surface area contributed by atoms with Gasteiger partial charge in [0.2, 0.25) is 0 Å². The molecule has 2 unspecified atom stereocenters. The molecule has 0 aromatic rings. The van der Waals surface area contributed by atoms with Crippen LogP contribution in [0, 0.1) is 5.41 Å². The van der Waals surface area contributed by atoms with E-state index in [1.807, 2.05) is 0 Å². The van der Waals surface area contributed by atoms with Crippen molar-refractivity contribution in [3.05, 3.63) is 0 Å². The Morgan fingerprint density at radius 1 is 1.11 bits per heavy atom. The van der Waals surface area contributed by atoms with E-state index in [0.717, 1.165) is 25.7 Å². The first kappa shape index (κ1) is 16.8. The van der Waals surface area contributed by atoms with Gasteiger partial charge < -0.3 is 5.73 Å². The lowest BCUT2D eigenvalue weighted by atomic mass is 9.74. The highest BCUT2D eigenvalue weighted by molar-refractivity contribution is 4.93. The Bertz CT molecular complexity index is 264. The Kier molecular flexibility index (Phi) is 5.68. The molecule has 1 heterocycles. The molecule has 1 rings (SSSR count). The molecule has 0 spiro atoms. The first-order valence-corrected chi connectivity index (χ1v) is 7.36. The number of halogens is 3. The van der Waals surface area contributed by atoms with Crippen molar-refractivity contribution in [2.45, 2.75) is 71.1 Å². The molecule has 2 atom stereocenters. The fraction of sp³-hybridized carbons (Fsp3) is 1.00. The number of hydrogen-bond donors (Lipinski definition) is 1. The van der Waals surface area contributed by atoms with Crippen LogP contribution in [0.25, 0.3) is 0 Å². The monoisotopic (exact) mass is 280 g/mol. The molecule has 0 aromatic heterocycles. The highest BCUT2D eigenvalue weighted by Crippen LogP contribution is 2.40. The lowest BCUT2D eigenvalue weighted by Gasteiger charge is -2.45. The highest BCUT2D eigenvalue weighted by Gasteiger charge is 2.48. The maximum absolute atomic E-state index is 13.2. The first-order valence-electron chi connectivity index (χ1n) is 7.36. The molecule has 1 fully saturated rings. The molecule has 2 nitrogen and oxygen atoms in total. The molecule has 0 radical (unpaired) electrons. The minimum Gasteiger partial charge on any atom is -0.326 e. The summed E-state index contributed by atoms with van der Waals surface area (Å²) in [4.78, 5) is 1.55. The second-order valence-electron chi connectivity index (χ2n) is 5.80. The number of rotatable bonds is 5. The molecular formula is C14H27F3N2. The van der Waals surface area contributed by atoms with Gasteiger partial charge in [0, 0.05) is 6.04 Å². The van der Waals surface area contributed by atoms with Gasteiger partial charge in [-0.25, -0.2) is 0 Å². The molecule has 1 saturated heterocycles. The van der Waals surface area contributed by atoms with E-state index in [0.29, 0.717) is 19.5 Å². The molecule has 0 saturated carbocycles. The summed E-state index contributed by atoms with van der Waals surface area (Å²) >= 11 is 0. The number of nitrogens with two attached hydrogens (primary N) is 1. The van der Waals surface area contributed by atoms with Gasteiger partial charge in [0.1, 0.15) is 6.04 Å². The predicted molar refractivity (Wildman–Crippen MR) is 71.9 cm³/mol. The normalized spacial score (nSPS) is 24.2. The van der Waals surface area contributed by atoms with Crippen LogP contribution in [-0.4, -0.2) is 36.2 Å². The highest BCUT2D eigenvalue weighted by atomic mass is 19.4. The van der Waals surface area contributed by atoms with Crippen molar-refractivity contribution in [1.29, 1.82) is 0 Å². The van der Waals surface area contributed by atoms with Gasteiger partial charge in [0.15, 0.2) is 0 Å². The van der Waals surface area contributed by atoms with Crippen molar-refractivity contribution in [1.82, 2.24) is 4.90 Å². The zero-order valence-electron chi connectivity index (χ0n) is 12.3. The van der Waals surface area contributed by atoms with Crippen LogP contribution >= 0.6 is 0 Å². The SMILES string of the molecule is CCC(N)C(N1CCC(CC)(CC)CC1)C(F)(F)F. The van der Waals surface area contributed by atoms with Gasteiger partial charge in [0.25, 0.3) is 0 Å². The largest absolute Gasteiger partial charge is 0.405 e. The fourth-order valence-electron chi connectivity index (χ4n) is 3.18. The van der Waals surface area contributed by atoms with Gasteiger partial charge in [-0.3, -0.25) is 4.90 Å². The second kappa shape index (κ2) is 6.44. The third kappa shape index (κ3) is 3.85. The molecule has 19 heavy (non-hydrogen) atoms. The molecule has 0 amide bonds. The summed E-state index contributed by atoms with van der Waals surface area (Å²) in [6, 6.07) is -2.31. The Hall–Kier alpha value is -0.290. The van der Waals surface area contributed by atoms with Crippen LogP contribution < -0.4 is 5.73 Å². The number of piperidine rings is 1. The smallest absolute Gasteiger partial charge is 0.326 e. The van der Waals surface area contributed by atoms with Crippen molar-refractivity contribution in [2.75, 3.05) is 13.1 Å². The minimum absolute atomic E-state index is 0.239. The summed E-state index contributed by atoms with van der Waals surface area (Å²) in [7, 11) is 0. The Labute approximate surface area is 114 Å². The van der Waals surface area contributed by atoms with Crippen molar-refractivity contribution in [3.63, 3.8) is 0 Å². The van der Waals surface area contributed by atoms with E-state index in [2.05, 4.69) is 13.8 Å². The maximum atomic E-state index is 13.2. The van der Waals surface area contributed by atoms with Crippen molar-refractivity contribution in [2.24, 2.45) is 11.1 Å². The predicted octanol–water partition coefficient (Wildman–Crippen LogP) is 3.56. The van der Waals surface area contributed by atoms with Crippen LogP contribution in [0.15, 0.2) is 0 Å². The Morgan fingerprint density at radius 2 is 1.58 bits per heavy atom. The van der Waals surface area contributed by atoms with Gasteiger partial charge in [-0.1, -0.05) is 33.6 Å². The van der Waals surface area contributed by atoms with Crippen molar-refractivity contribution >= 4 is 0 Å². The van der Waals surface area contributed by atoms with Crippen LogP contribution in [0.4, 0.5) is 13.2 Å². The van der Waals surface area contributed by atoms with E-state index >= 15 is 0 Å². The van der Waals surface area contributed by atoms with Gasteiger partial charge in [0.05, 0.1) is 0 Å². The van der Waals surface area contributed by atoms with E-state index in [-0.39, 0.29) is 5.41 Å². The number of alkyl halides is 3. The number of likely N-dealkylation sites (tertiary alicyclic amines) is 1. The van der Waals surface area contributed by atoms with Gasteiger partial charge in [-0.05, 0) is 37.8 Å². The van der Waals surface area contributed by atoms with E-state index in [4.69, 9.17) is 5.73 Å². The lowest BCUT2D eigenvalue weighted by Crippen LogP contribution is -2.58. The summed E-state index contributed by atoms with van der Waals surface area (Å²) in [6.45, 7) is 7.02. The number of hydrogen-bond acceptors (Lipinski definition) is 2. The maximum Gasteiger partial charge on any atom is 0.405 e. The third-order valence-corrected chi connectivity index (χ3v) is 4.96.